The van der Waals surface area contributed by atoms with Gasteiger partial charge in [-0.15, -0.1) is 0 Å². The van der Waals surface area contributed by atoms with Gasteiger partial charge in [0.25, 0.3) is 0 Å². The van der Waals surface area contributed by atoms with Gasteiger partial charge in [-0.2, -0.15) is 0 Å². The SMILES string of the molecule is O=C(CCNc1ccc(Cl)cc1)NCc1ccccn1. The van der Waals surface area contributed by atoms with Crippen molar-refractivity contribution in [3.8, 4) is 0 Å². The highest BCUT2D eigenvalue weighted by atomic mass is 35.5. The molecule has 20 heavy (non-hydrogen) atoms. The number of nitrogens with zero attached hydrogens (tertiary/aromatic N) is 1. The number of hydrogen-bond acceptors (Lipinski definition) is 3. The third kappa shape index (κ3) is 4.90. The summed E-state index contributed by atoms with van der Waals surface area (Å²) < 4.78 is 0. The van der Waals surface area contributed by atoms with Crippen LogP contribution in [0.15, 0.2) is 48.7 Å². The molecule has 0 atom stereocenters. The average molecular weight is 290 g/mol. The minimum atomic E-state index is -0.00267. The van der Waals surface area contributed by atoms with Crippen LogP contribution < -0.4 is 10.6 Å². The molecular weight excluding hydrogens is 274 g/mol. The van der Waals surface area contributed by atoms with Crippen molar-refractivity contribution in [2.45, 2.75) is 13.0 Å². The number of halogens is 1. The Labute approximate surface area is 123 Å². The van der Waals surface area contributed by atoms with Gasteiger partial charge in [0.15, 0.2) is 0 Å². The summed E-state index contributed by atoms with van der Waals surface area (Å²) in [5.41, 5.74) is 1.80. The second-order valence-corrected chi connectivity index (χ2v) is 4.72. The molecule has 2 rings (SSSR count). The topological polar surface area (TPSA) is 54.0 Å². The maximum Gasteiger partial charge on any atom is 0.222 e. The molecule has 0 fully saturated rings. The Bertz CT molecular complexity index is 543. The lowest BCUT2D eigenvalue weighted by atomic mass is 10.3. The number of rotatable bonds is 6. The van der Waals surface area contributed by atoms with E-state index < -0.39 is 0 Å². The molecule has 1 heterocycles. The largest absolute Gasteiger partial charge is 0.385 e. The highest BCUT2D eigenvalue weighted by molar-refractivity contribution is 6.30. The molecule has 2 N–H and O–H groups in total. The number of benzene rings is 1. The molecule has 1 aromatic heterocycles. The summed E-state index contributed by atoms with van der Waals surface area (Å²) in [7, 11) is 0. The number of carbonyl (C=O) groups is 1. The molecule has 104 valence electrons. The summed E-state index contributed by atoms with van der Waals surface area (Å²) in [4.78, 5) is 15.8. The highest BCUT2D eigenvalue weighted by Crippen LogP contribution is 2.13. The van der Waals surface area contributed by atoms with Gasteiger partial charge in [0.2, 0.25) is 5.91 Å². The summed E-state index contributed by atoms with van der Waals surface area (Å²) >= 11 is 5.80. The number of amides is 1. The lowest BCUT2D eigenvalue weighted by Crippen LogP contribution is -2.25. The Morgan fingerprint density at radius 1 is 1.15 bits per heavy atom. The summed E-state index contributed by atoms with van der Waals surface area (Å²) in [6.45, 7) is 1.04. The van der Waals surface area contributed by atoms with E-state index in [1.165, 1.54) is 0 Å². The molecule has 0 aliphatic rings. The quantitative estimate of drug-likeness (QED) is 0.860. The van der Waals surface area contributed by atoms with E-state index in [1.54, 1.807) is 6.20 Å². The molecule has 0 saturated carbocycles. The van der Waals surface area contributed by atoms with Crippen LogP contribution >= 0.6 is 11.6 Å². The molecule has 1 amide bonds. The first kappa shape index (κ1) is 14.3. The predicted octanol–water partition coefficient (Wildman–Crippen LogP) is 2.85. The van der Waals surface area contributed by atoms with E-state index in [0.29, 0.717) is 24.5 Å². The van der Waals surface area contributed by atoms with Crippen LogP contribution in [0.1, 0.15) is 12.1 Å². The number of carbonyl (C=O) groups excluding carboxylic acids is 1. The van der Waals surface area contributed by atoms with Crippen molar-refractivity contribution in [1.29, 1.82) is 0 Å². The number of pyridine rings is 1. The lowest BCUT2D eigenvalue weighted by Gasteiger charge is -2.07. The normalized spacial score (nSPS) is 10.1. The van der Waals surface area contributed by atoms with Crippen LogP contribution in [0.3, 0.4) is 0 Å². The Morgan fingerprint density at radius 2 is 1.95 bits per heavy atom. The van der Waals surface area contributed by atoms with Crippen LogP contribution in [-0.4, -0.2) is 17.4 Å². The molecule has 4 nitrogen and oxygen atoms in total. The maximum absolute atomic E-state index is 11.7. The maximum atomic E-state index is 11.7. The van der Waals surface area contributed by atoms with E-state index in [9.17, 15) is 4.79 Å². The van der Waals surface area contributed by atoms with Crippen LogP contribution in [0.2, 0.25) is 5.02 Å². The third-order valence-electron chi connectivity index (χ3n) is 2.72. The molecule has 0 unspecified atom stereocenters. The standard InChI is InChI=1S/C15H16ClN3O/c16-12-4-6-13(7-5-12)18-10-8-15(20)19-11-14-3-1-2-9-17-14/h1-7,9,18H,8,10-11H2,(H,19,20). The van der Waals surface area contributed by atoms with Crippen molar-refractivity contribution in [2.75, 3.05) is 11.9 Å². The van der Waals surface area contributed by atoms with E-state index in [2.05, 4.69) is 15.6 Å². The van der Waals surface area contributed by atoms with Gasteiger partial charge < -0.3 is 10.6 Å². The molecule has 0 bridgehead atoms. The number of hydrogen-bond donors (Lipinski definition) is 2. The van der Waals surface area contributed by atoms with Gasteiger partial charge in [0.05, 0.1) is 12.2 Å². The molecule has 5 heteroatoms. The number of anilines is 1. The van der Waals surface area contributed by atoms with Crippen LogP contribution in [0.5, 0.6) is 0 Å². The summed E-state index contributed by atoms with van der Waals surface area (Å²) in [5.74, 6) is -0.00267. The molecule has 2 aromatic rings. The van der Waals surface area contributed by atoms with Crippen LogP contribution in [0.25, 0.3) is 0 Å². The summed E-state index contributed by atoms with van der Waals surface area (Å²) in [6.07, 6.45) is 2.12. The van der Waals surface area contributed by atoms with Crippen molar-refractivity contribution in [2.24, 2.45) is 0 Å². The van der Waals surface area contributed by atoms with Crippen LogP contribution in [0.4, 0.5) is 5.69 Å². The highest BCUT2D eigenvalue weighted by Gasteiger charge is 2.01. The van der Waals surface area contributed by atoms with Gasteiger partial charge in [-0.25, -0.2) is 0 Å². The zero-order valence-corrected chi connectivity index (χ0v) is 11.7. The van der Waals surface area contributed by atoms with Crippen molar-refractivity contribution in [3.63, 3.8) is 0 Å². The molecule has 0 radical (unpaired) electrons. The Hall–Kier alpha value is -2.07. The molecule has 1 aromatic carbocycles. The van der Waals surface area contributed by atoms with Gasteiger partial charge >= 0.3 is 0 Å². The first-order valence-corrected chi connectivity index (χ1v) is 6.78. The smallest absolute Gasteiger partial charge is 0.222 e. The van der Waals surface area contributed by atoms with E-state index >= 15 is 0 Å². The van der Waals surface area contributed by atoms with Crippen molar-refractivity contribution >= 4 is 23.2 Å². The van der Waals surface area contributed by atoms with Crippen LogP contribution in [-0.2, 0) is 11.3 Å². The van der Waals surface area contributed by atoms with Gasteiger partial charge in [0.1, 0.15) is 0 Å². The van der Waals surface area contributed by atoms with Gasteiger partial charge in [0, 0.05) is 29.9 Å². The fraction of sp³-hybridized carbons (Fsp3) is 0.200. The number of aromatic nitrogens is 1. The molecular formula is C15H16ClN3O. The van der Waals surface area contributed by atoms with Crippen molar-refractivity contribution < 1.29 is 4.79 Å². The average Bonchev–Trinajstić information content (AvgIpc) is 2.48. The molecule has 0 aliphatic heterocycles. The summed E-state index contributed by atoms with van der Waals surface area (Å²) in [5, 5.41) is 6.70. The lowest BCUT2D eigenvalue weighted by molar-refractivity contribution is -0.121. The van der Waals surface area contributed by atoms with Crippen molar-refractivity contribution in [1.82, 2.24) is 10.3 Å². The summed E-state index contributed by atoms with van der Waals surface area (Å²) in [6, 6.07) is 13.0. The Balaban J connectivity index is 1.66. The fourth-order valence-corrected chi connectivity index (χ4v) is 1.79. The first-order chi connectivity index (χ1) is 9.74. The minimum Gasteiger partial charge on any atom is -0.385 e. The van der Waals surface area contributed by atoms with Gasteiger partial charge in [-0.05, 0) is 36.4 Å². The van der Waals surface area contributed by atoms with E-state index in [-0.39, 0.29) is 5.91 Å². The minimum absolute atomic E-state index is 0.00267. The van der Waals surface area contributed by atoms with Gasteiger partial charge in [-0.3, -0.25) is 9.78 Å². The molecule has 0 aliphatic carbocycles. The molecule has 0 saturated heterocycles. The Kier molecular flexibility index (Phi) is 5.38. The van der Waals surface area contributed by atoms with Gasteiger partial charge in [-0.1, -0.05) is 17.7 Å². The molecule has 0 spiro atoms. The third-order valence-corrected chi connectivity index (χ3v) is 2.97. The van der Waals surface area contributed by atoms with Crippen molar-refractivity contribution in [3.05, 3.63) is 59.4 Å². The second-order valence-electron chi connectivity index (χ2n) is 4.28. The Morgan fingerprint density at radius 3 is 2.65 bits per heavy atom. The van der Waals surface area contributed by atoms with E-state index in [4.69, 9.17) is 11.6 Å². The van der Waals surface area contributed by atoms with E-state index in [1.807, 2.05) is 42.5 Å². The fourth-order valence-electron chi connectivity index (χ4n) is 1.67. The number of nitrogens with one attached hydrogen (secondary N) is 2. The second kappa shape index (κ2) is 7.50. The van der Waals surface area contributed by atoms with Crippen LogP contribution in [0, 0.1) is 0 Å². The zero-order valence-electron chi connectivity index (χ0n) is 11.0. The first-order valence-electron chi connectivity index (χ1n) is 6.40. The zero-order chi connectivity index (χ0) is 14.2. The monoisotopic (exact) mass is 289 g/mol. The predicted molar refractivity (Wildman–Crippen MR) is 80.6 cm³/mol. The van der Waals surface area contributed by atoms with E-state index in [0.717, 1.165) is 11.4 Å².